The van der Waals surface area contributed by atoms with Gasteiger partial charge in [0.2, 0.25) is 5.91 Å². The Morgan fingerprint density at radius 2 is 1.03 bits per heavy atom. The summed E-state index contributed by atoms with van der Waals surface area (Å²) in [6.07, 6.45) is 24.4. The first-order valence-corrected chi connectivity index (χ1v) is 24.4. The van der Waals surface area contributed by atoms with E-state index in [0.29, 0.717) is 12.8 Å². The number of allylic oxidation sites excluding steroid dienone is 7. The minimum atomic E-state index is -1.79. The minimum Gasteiger partial charge on any atom is -0.394 e. The number of carbonyl (C=O) groups is 1. The highest BCUT2D eigenvalue weighted by atomic mass is 16.7. The Labute approximate surface area is 378 Å². The standard InChI is InChI=1S/C49H87NO13/c1-3-5-7-9-11-13-15-17-18-19-20-21-23-25-27-29-31-33-41(54)50-37(38(53)32-30-28-26-24-22-16-14-12-10-8-6-4-2)36-60-48-46(59)44(57)47(40(35-52)62-48)63-49-45(58)43(56)42(55)39(34-51)61-49/h10,12,17-18,22,24,30,32,37-40,42-49,51-53,55-59H,3-9,11,13-16,19-21,23,25-29,31,33-36H2,1-2H3,(H,50,54)/b12-10+,18-17-,24-22+,32-30+. The lowest BCUT2D eigenvalue weighted by molar-refractivity contribution is -0.359. The van der Waals surface area contributed by atoms with Crippen LogP contribution in [-0.2, 0) is 23.7 Å². The molecule has 1 amide bonds. The molecule has 0 radical (unpaired) electrons. The molecule has 0 aromatic rings. The molecule has 2 fully saturated rings. The van der Waals surface area contributed by atoms with Crippen molar-refractivity contribution >= 4 is 5.91 Å². The van der Waals surface area contributed by atoms with E-state index in [0.717, 1.165) is 51.4 Å². The number of unbranched alkanes of at least 4 members (excludes halogenated alkanes) is 17. The molecule has 12 unspecified atom stereocenters. The number of nitrogens with one attached hydrogen (secondary N) is 1. The maximum absolute atomic E-state index is 13.1. The van der Waals surface area contributed by atoms with Gasteiger partial charge in [-0.25, -0.2) is 0 Å². The predicted molar refractivity (Wildman–Crippen MR) is 244 cm³/mol. The molecule has 14 nitrogen and oxygen atoms in total. The van der Waals surface area contributed by atoms with Crippen molar-refractivity contribution in [2.45, 2.75) is 235 Å². The summed E-state index contributed by atoms with van der Waals surface area (Å²) in [4.78, 5) is 13.1. The molecule has 0 saturated carbocycles. The lowest BCUT2D eigenvalue weighted by Gasteiger charge is -2.46. The summed E-state index contributed by atoms with van der Waals surface area (Å²) in [5, 5.41) is 86.5. The molecule has 2 aliphatic heterocycles. The molecule has 2 saturated heterocycles. The summed E-state index contributed by atoms with van der Waals surface area (Å²) in [5.74, 6) is -0.262. The lowest BCUT2D eigenvalue weighted by atomic mass is 9.97. The maximum atomic E-state index is 13.1. The normalized spacial score (nSPS) is 27.9. The molecule has 0 bridgehead atoms. The first-order valence-electron chi connectivity index (χ1n) is 24.4. The van der Waals surface area contributed by atoms with E-state index >= 15 is 0 Å². The smallest absolute Gasteiger partial charge is 0.220 e. The fraction of sp³-hybridized carbons (Fsp3) is 0.816. The molecule has 2 rings (SSSR count). The fourth-order valence-electron chi connectivity index (χ4n) is 7.65. The zero-order valence-corrected chi connectivity index (χ0v) is 38.6. The second kappa shape index (κ2) is 36.1. The number of aliphatic hydroxyl groups excluding tert-OH is 8. The Balaban J connectivity index is 1.88. The summed E-state index contributed by atoms with van der Waals surface area (Å²) >= 11 is 0. The van der Waals surface area contributed by atoms with Gasteiger partial charge < -0.3 is 65.1 Å². The van der Waals surface area contributed by atoms with Crippen LogP contribution in [0.1, 0.15) is 162 Å². The van der Waals surface area contributed by atoms with Crippen LogP contribution in [0.4, 0.5) is 0 Å². The molecule has 14 heteroatoms. The molecule has 9 N–H and O–H groups in total. The quantitative estimate of drug-likeness (QED) is 0.0272. The molecule has 0 aromatic carbocycles. The van der Waals surface area contributed by atoms with E-state index < -0.39 is 86.8 Å². The van der Waals surface area contributed by atoms with Gasteiger partial charge in [-0.05, 0) is 64.2 Å². The van der Waals surface area contributed by atoms with Crippen molar-refractivity contribution in [3.63, 3.8) is 0 Å². The lowest BCUT2D eigenvalue weighted by Crippen LogP contribution is -2.65. The predicted octanol–water partition coefficient (Wildman–Crippen LogP) is 5.71. The summed E-state index contributed by atoms with van der Waals surface area (Å²) in [6.45, 7) is 2.68. The number of aliphatic hydroxyl groups is 8. The molecule has 366 valence electrons. The SMILES string of the molecule is CCCC/C=C/CC/C=C/CC/C=C/C(O)C(COC1OC(CO)C(OC2OC(CO)C(O)C(O)C2O)C(O)C1O)NC(=O)CCCCCCCCC/C=C\CCCCCCCC. The van der Waals surface area contributed by atoms with E-state index in [1.807, 2.05) is 6.08 Å². The molecule has 0 spiro atoms. The average molecular weight is 898 g/mol. The van der Waals surface area contributed by atoms with Crippen LogP contribution in [0.5, 0.6) is 0 Å². The van der Waals surface area contributed by atoms with Crippen molar-refractivity contribution in [3.05, 3.63) is 48.6 Å². The van der Waals surface area contributed by atoms with E-state index in [-0.39, 0.29) is 18.9 Å². The van der Waals surface area contributed by atoms with Crippen LogP contribution in [0.3, 0.4) is 0 Å². The van der Waals surface area contributed by atoms with Crippen molar-refractivity contribution in [1.82, 2.24) is 5.32 Å². The first-order chi connectivity index (χ1) is 30.6. The number of carbonyl (C=O) groups excluding carboxylic acids is 1. The van der Waals surface area contributed by atoms with Crippen LogP contribution in [0.2, 0.25) is 0 Å². The van der Waals surface area contributed by atoms with Crippen molar-refractivity contribution in [1.29, 1.82) is 0 Å². The van der Waals surface area contributed by atoms with Crippen molar-refractivity contribution < 1.29 is 64.6 Å². The number of ether oxygens (including phenoxy) is 4. The van der Waals surface area contributed by atoms with Crippen LogP contribution in [0.25, 0.3) is 0 Å². The first kappa shape index (κ1) is 57.1. The van der Waals surface area contributed by atoms with Crippen molar-refractivity contribution in [2.75, 3.05) is 19.8 Å². The third kappa shape index (κ3) is 23.8. The van der Waals surface area contributed by atoms with E-state index in [1.54, 1.807) is 6.08 Å². The van der Waals surface area contributed by atoms with Gasteiger partial charge in [0.25, 0.3) is 0 Å². The maximum Gasteiger partial charge on any atom is 0.220 e. The Bertz CT molecular complexity index is 1250. The van der Waals surface area contributed by atoms with Gasteiger partial charge in [0.05, 0.1) is 32.0 Å². The molecular weight excluding hydrogens is 811 g/mol. The van der Waals surface area contributed by atoms with Gasteiger partial charge in [0.1, 0.15) is 48.8 Å². The molecule has 0 aromatic heterocycles. The second-order valence-corrected chi connectivity index (χ2v) is 17.2. The van der Waals surface area contributed by atoms with Crippen molar-refractivity contribution in [2.24, 2.45) is 0 Å². The third-order valence-corrected chi connectivity index (χ3v) is 11.7. The Hall–Kier alpha value is -2.05. The highest BCUT2D eigenvalue weighted by Gasteiger charge is 2.51. The largest absolute Gasteiger partial charge is 0.394 e. The molecule has 12 atom stereocenters. The van der Waals surface area contributed by atoms with E-state index in [9.17, 15) is 45.6 Å². The number of amides is 1. The Kier molecular flexibility index (Phi) is 32.7. The highest BCUT2D eigenvalue weighted by molar-refractivity contribution is 5.76. The number of hydrogen-bond acceptors (Lipinski definition) is 13. The van der Waals surface area contributed by atoms with Gasteiger partial charge in [-0.1, -0.05) is 140 Å². The number of hydrogen-bond donors (Lipinski definition) is 9. The van der Waals surface area contributed by atoms with Gasteiger partial charge in [-0.2, -0.15) is 0 Å². The van der Waals surface area contributed by atoms with Crippen LogP contribution in [0.15, 0.2) is 48.6 Å². The van der Waals surface area contributed by atoms with E-state index in [2.05, 4.69) is 55.6 Å². The highest BCUT2D eigenvalue weighted by Crippen LogP contribution is 2.30. The summed E-state index contributed by atoms with van der Waals surface area (Å²) in [6, 6.07) is -0.938. The average Bonchev–Trinajstić information content (AvgIpc) is 3.28. The van der Waals surface area contributed by atoms with Crippen LogP contribution in [0, 0.1) is 0 Å². The third-order valence-electron chi connectivity index (χ3n) is 11.7. The molecule has 2 aliphatic rings. The summed E-state index contributed by atoms with van der Waals surface area (Å²) in [5.41, 5.74) is 0. The van der Waals surface area contributed by atoms with Crippen molar-refractivity contribution in [3.8, 4) is 0 Å². The molecule has 0 aliphatic carbocycles. The topological polar surface area (TPSA) is 228 Å². The van der Waals surface area contributed by atoms with Gasteiger partial charge in [0, 0.05) is 6.42 Å². The minimum absolute atomic E-state index is 0.262. The van der Waals surface area contributed by atoms with Crippen LogP contribution < -0.4 is 5.32 Å². The van der Waals surface area contributed by atoms with E-state index in [1.165, 1.54) is 77.0 Å². The molecular formula is C49H87NO13. The second-order valence-electron chi connectivity index (χ2n) is 17.2. The van der Waals surface area contributed by atoms with Gasteiger partial charge in [0.15, 0.2) is 12.6 Å². The summed E-state index contributed by atoms with van der Waals surface area (Å²) < 4.78 is 22.6. The zero-order chi connectivity index (χ0) is 46.1. The molecule has 63 heavy (non-hydrogen) atoms. The molecule has 2 heterocycles. The Morgan fingerprint density at radius 3 is 1.60 bits per heavy atom. The zero-order valence-electron chi connectivity index (χ0n) is 38.6. The van der Waals surface area contributed by atoms with E-state index in [4.69, 9.17) is 18.9 Å². The van der Waals surface area contributed by atoms with Gasteiger partial charge in [-0.3, -0.25) is 4.79 Å². The fourth-order valence-corrected chi connectivity index (χ4v) is 7.65. The van der Waals surface area contributed by atoms with Gasteiger partial charge in [-0.15, -0.1) is 0 Å². The van der Waals surface area contributed by atoms with Crippen LogP contribution >= 0.6 is 0 Å². The Morgan fingerprint density at radius 1 is 0.556 bits per heavy atom. The monoisotopic (exact) mass is 898 g/mol. The number of rotatable bonds is 36. The summed E-state index contributed by atoms with van der Waals surface area (Å²) in [7, 11) is 0. The van der Waals surface area contributed by atoms with Gasteiger partial charge >= 0.3 is 0 Å². The van der Waals surface area contributed by atoms with Crippen LogP contribution in [-0.4, -0.2) is 140 Å².